The van der Waals surface area contributed by atoms with Gasteiger partial charge < -0.3 is 5.32 Å². The van der Waals surface area contributed by atoms with Gasteiger partial charge in [-0.15, -0.1) is 11.3 Å². The van der Waals surface area contributed by atoms with Crippen molar-refractivity contribution in [3.05, 3.63) is 41.5 Å². The fraction of sp³-hybridized carbons (Fsp3) is 0.154. The van der Waals surface area contributed by atoms with E-state index in [1.54, 1.807) is 28.2 Å². The van der Waals surface area contributed by atoms with Crippen LogP contribution in [-0.4, -0.2) is 32.8 Å². The Morgan fingerprint density at radius 3 is 3.10 bits per heavy atom. The van der Waals surface area contributed by atoms with Gasteiger partial charge in [-0.1, -0.05) is 6.07 Å². The van der Waals surface area contributed by atoms with Gasteiger partial charge in [-0.25, -0.2) is 9.50 Å². The minimum absolute atomic E-state index is 0.176. The zero-order valence-corrected chi connectivity index (χ0v) is 12.2. The van der Waals surface area contributed by atoms with Crippen LogP contribution in [0.3, 0.4) is 0 Å². The highest BCUT2D eigenvalue weighted by molar-refractivity contribution is 7.80. The molecule has 102 valence electrons. The van der Waals surface area contributed by atoms with Crippen LogP contribution in [0.25, 0.3) is 16.2 Å². The fourth-order valence-corrected chi connectivity index (χ4v) is 2.78. The number of hydrogen-bond donors (Lipinski definition) is 2. The van der Waals surface area contributed by atoms with Crippen LogP contribution in [0, 0.1) is 0 Å². The minimum atomic E-state index is -0.176. The molecule has 20 heavy (non-hydrogen) atoms. The third kappa shape index (κ3) is 2.30. The number of fused-ring (bicyclic) bond motifs is 1. The minimum Gasteiger partial charge on any atom is -0.351 e. The molecule has 1 N–H and O–H groups in total. The van der Waals surface area contributed by atoms with Crippen molar-refractivity contribution in [2.75, 3.05) is 12.3 Å². The van der Waals surface area contributed by atoms with Gasteiger partial charge >= 0.3 is 0 Å². The Kier molecular flexibility index (Phi) is 3.70. The number of nitrogens with one attached hydrogen (secondary N) is 1. The van der Waals surface area contributed by atoms with E-state index in [-0.39, 0.29) is 5.91 Å². The molecule has 0 unspecified atom stereocenters. The highest BCUT2D eigenvalue weighted by Crippen LogP contribution is 2.25. The van der Waals surface area contributed by atoms with Crippen LogP contribution in [0.1, 0.15) is 10.4 Å². The lowest BCUT2D eigenvalue weighted by molar-refractivity contribution is 0.0957. The number of thiol groups is 1. The molecule has 0 atom stereocenters. The molecule has 3 aromatic heterocycles. The summed E-state index contributed by atoms with van der Waals surface area (Å²) in [6, 6.07) is 5.89. The third-order valence-corrected chi connectivity index (χ3v) is 3.93. The second-order valence-corrected chi connectivity index (χ2v) is 5.48. The van der Waals surface area contributed by atoms with Crippen molar-refractivity contribution in [1.82, 2.24) is 19.9 Å². The predicted molar refractivity (Wildman–Crippen MR) is 82.5 cm³/mol. The monoisotopic (exact) mass is 304 g/mol. The smallest absolute Gasteiger partial charge is 0.256 e. The molecule has 0 bridgehead atoms. The van der Waals surface area contributed by atoms with Gasteiger partial charge in [0.05, 0.1) is 16.8 Å². The predicted octanol–water partition coefficient (Wildman–Crippen LogP) is 2.12. The number of rotatable bonds is 4. The summed E-state index contributed by atoms with van der Waals surface area (Å²) in [7, 11) is 0. The topological polar surface area (TPSA) is 59.3 Å². The molecule has 0 fully saturated rings. The van der Waals surface area contributed by atoms with Gasteiger partial charge in [0.15, 0.2) is 5.65 Å². The van der Waals surface area contributed by atoms with E-state index in [0.29, 0.717) is 23.5 Å². The van der Waals surface area contributed by atoms with Crippen molar-refractivity contribution in [2.24, 2.45) is 0 Å². The second kappa shape index (κ2) is 5.64. The number of hydrogen-bond acceptors (Lipinski definition) is 5. The number of carbonyl (C=O) groups excluding carboxylic acids is 1. The summed E-state index contributed by atoms with van der Waals surface area (Å²) < 4.78 is 1.70. The van der Waals surface area contributed by atoms with Gasteiger partial charge in [-0.05, 0) is 17.5 Å². The van der Waals surface area contributed by atoms with Gasteiger partial charge in [0.2, 0.25) is 0 Å². The van der Waals surface area contributed by atoms with Gasteiger partial charge in [-0.2, -0.15) is 17.7 Å². The Balaban J connectivity index is 2.06. The second-order valence-electron chi connectivity index (χ2n) is 4.08. The summed E-state index contributed by atoms with van der Waals surface area (Å²) in [6.45, 7) is 0.518. The Morgan fingerprint density at radius 2 is 2.35 bits per heavy atom. The number of nitrogens with zero attached hydrogens (tertiary/aromatic N) is 3. The summed E-state index contributed by atoms with van der Waals surface area (Å²) in [4.78, 5) is 17.4. The lowest BCUT2D eigenvalue weighted by Gasteiger charge is -2.03. The quantitative estimate of drug-likeness (QED) is 0.726. The number of amides is 1. The molecule has 0 radical (unpaired) electrons. The third-order valence-electron chi connectivity index (χ3n) is 2.82. The van der Waals surface area contributed by atoms with E-state index in [4.69, 9.17) is 0 Å². The van der Waals surface area contributed by atoms with Gasteiger partial charge in [0.25, 0.3) is 5.91 Å². The Morgan fingerprint density at radius 1 is 1.45 bits per heavy atom. The lowest BCUT2D eigenvalue weighted by Crippen LogP contribution is -2.25. The molecule has 0 aliphatic carbocycles. The molecule has 0 spiro atoms. The van der Waals surface area contributed by atoms with Crippen LogP contribution in [0.2, 0.25) is 0 Å². The van der Waals surface area contributed by atoms with E-state index in [1.807, 2.05) is 23.6 Å². The first-order chi connectivity index (χ1) is 9.81. The maximum absolute atomic E-state index is 12.0. The Labute approximate surface area is 125 Å². The van der Waals surface area contributed by atoms with Crippen LogP contribution >= 0.6 is 24.0 Å². The van der Waals surface area contributed by atoms with Crippen molar-refractivity contribution in [3.63, 3.8) is 0 Å². The Hall–Kier alpha value is -1.86. The molecule has 0 aromatic carbocycles. The van der Waals surface area contributed by atoms with Crippen LogP contribution < -0.4 is 5.32 Å². The summed E-state index contributed by atoms with van der Waals surface area (Å²) in [5.41, 5.74) is 1.97. The van der Waals surface area contributed by atoms with Crippen LogP contribution in [0.5, 0.6) is 0 Å². The molecule has 5 nitrogen and oxygen atoms in total. The molecule has 7 heteroatoms. The van der Waals surface area contributed by atoms with Crippen LogP contribution in [0.4, 0.5) is 0 Å². The lowest BCUT2D eigenvalue weighted by atomic mass is 10.3. The molecule has 0 saturated carbocycles. The average molecular weight is 304 g/mol. The molecular weight excluding hydrogens is 292 g/mol. The van der Waals surface area contributed by atoms with Crippen molar-refractivity contribution >= 4 is 35.5 Å². The summed E-state index contributed by atoms with van der Waals surface area (Å²) in [6.07, 6.45) is 3.24. The van der Waals surface area contributed by atoms with Gasteiger partial charge in [-0.3, -0.25) is 4.79 Å². The molecule has 0 saturated heterocycles. The summed E-state index contributed by atoms with van der Waals surface area (Å²) >= 11 is 5.70. The first kappa shape index (κ1) is 13.1. The molecule has 1 amide bonds. The van der Waals surface area contributed by atoms with Crippen molar-refractivity contribution in [1.29, 1.82) is 0 Å². The van der Waals surface area contributed by atoms with Crippen molar-refractivity contribution < 1.29 is 4.79 Å². The van der Waals surface area contributed by atoms with Crippen molar-refractivity contribution in [2.45, 2.75) is 0 Å². The maximum Gasteiger partial charge on any atom is 0.256 e. The molecule has 3 aromatic rings. The van der Waals surface area contributed by atoms with Gasteiger partial charge in [0, 0.05) is 18.5 Å². The molecular formula is C13H12N4OS2. The normalized spacial score (nSPS) is 10.8. The Bertz CT molecular complexity index is 736. The summed E-state index contributed by atoms with van der Waals surface area (Å²) in [5, 5.41) is 9.07. The highest BCUT2D eigenvalue weighted by atomic mass is 32.1. The SMILES string of the molecule is O=C(NCCS)c1cnn2c(-c3cccs3)ccnc12. The molecule has 3 rings (SSSR count). The van der Waals surface area contributed by atoms with E-state index in [1.165, 1.54) is 0 Å². The zero-order valence-electron chi connectivity index (χ0n) is 10.5. The number of carbonyl (C=O) groups is 1. The molecule has 0 aliphatic heterocycles. The first-order valence-electron chi connectivity index (χ1n) is 6.07. The largest absolute Gasteiger partial charge is 0.351 e. The zero-order chi connectivity index (χ0) is 13.9. The average Bonchev–Trinajstić information content (AvgIpc) is 3.13. The molecule has 3 heterocycles. The van der Waals surface area contributed by atoms with E-state index in [0.717, 1.165) is 10.6 Å². The van der Waals surface area contributed by atoms with E-state index in [2.05, 4.69) is 28.0 Å². The standard InChI is InChI=1S/C13H12N4OS2/c18-13(15-5-6-19)9-8-16-17-10(3-4-14-12(9)17)11-2-1-7-20-11/h1-4,7-8,19H,5-6H2,(H,15,18). The van der Waals surface area contributed by atoms with Crippen molar-refractivity contribution in [3.8, 4) is 10.6 Å². The first-order valence-corrected chi connectivity index (χ1v) is 7.58. The van der Waals surface area contributed by atoms with E-state index >= 15 is 0 Å². The maximum atomic E-state index is 12.0. The van der Waals surface area contributed by atoms with E-state index in [9.17, 15) is 4.79 Å². The number of aromatic nitrogens is 3. The van der Waals surface area contributed by atoms with Crippen LogP contribution in [-0.2, 0) is 0 Å². The molecule has 0 aliphatic rings. The fourth-order valence-electron chi connectivity index (χ4n) is 1.93. The van der Waals surface area contributed by atoms with Gasteiger partial charge in [0.1, 0.15) is 5.56 Å². The number of thiophene rings is 1. The summed E-state index contributed by atoms with van der Waals surface area (Å²) in [5.74, 6) is 0.420. The van der Waals surface area contributed by atoms with Crippen LogP contribution in [0.15, 0.2) is 36.0 Å². The van der Waals surface area contributed by atoms with E-state index < -0.39 is 0 Å². The highest BCUT2D eigenvalue weighted by Gasteiger charge is 2.15.